The fourth-order valence-corrected chi connectivity index (χ4v) is 4.11. The number of nitrogens with zero attached hydrogens (tertiary/aromatic N) is 2. The van der Waals surface area contributed by atoms with E-state index in [2.05, 4.69) is 38.4 Å². The maximum atomic E-state index is 6.42. The van der Waals surface area contributed by atoms with Crippen molar-refractivity contribution in [3.8, 4) is 22.6 Å². The normalized spacial score (nSPS) is 12.3. The van der Waals surface area contributed by atoms with E-state index in [1.54, 1.807) is 6.20 Å². The summed E-state index contributed by atoms with van der Waals surface area (Å²) in [6.45, 7) is 5.01. The van der Waals surface area contributed by atoms with E-state index < -0.39 is 0 Å². The Morgan fingerprint density at radius 3 is 2.70 bits per heavy atom. The summed E-state index contributed by atoms with van der Waals surface area (Å²) >= 11 is 0. The van der Waals surface area contributed by atoms with Gasteiger partial charge >= 0.3 is 0 Å². The first kappa shape index (κ1) is 21.0. The van der Waals surface area contributed by atoms with Gasteiger partial charge in [-0.1, -0.05) is 6.07 Å². The van der Waals surface area contributed by atoms with Gasteiger partial charge in [-0.2, -0.15) is 5.10 Å². The number of benzene rings is 2. The zero-order valence-electron chi connectivity index (χ0n) is 18.8. The number of aromatic amines is 2. The highest BCUT2D eigenvalue weighted by Crippen LogP contribution is 2.28. The number of aryl methyl sites for hydroxylation is 1. The molecule has 7 nitrogen and oxygen atoms in total. The van der Waals surface area contributed by atoms with Crippen molar-refractivity contribution in [3.63, 3.8) is 0 Å². The molecular formula is C26H27N5O2. The van der Waals surface area contributed by atoms with Crippen molar-refractivity contribution in [1.82, 2.24) is 20.2 Å². The Labute approximate surface area is 191 Å². The molecule has 0 spiro atoms. The largest absolute Gasteiger partial charge is 0.494 e. The molecule has 4 N–H and O–H groups in total. The van der Waals surface area contributed by atoms with Crippen LogP contribution in [0.5, 0.6) is 11.5 Å². The molecule has 0 aliphatic rings. The minimum absolute atomic E-state index is 0.159. The molecule has 0 aliphatic carbocycles. The summed E-state index contributed by atoms with van der Waals surface area (Å²) in [5.41, 5.74) is 12.7. The third-order valence-electron chi connectivity index (χ3n) is 5.80. The highest BCUT2D eigenvalue weighted by molar-refractivity contribution is 5.86. The van der Waals surface area contributed by atoms with Crippen LogP contribution in [0.1, 0.15) is 18.2 Å². The van der Waals surface area contributed by atoms with Crippen molar-refractivity contribution in [3.05, 3.63) is 72.3 Å². The molecule has 168 valence electrons. The molecule has 33 heavy (non-hydrogen) atoms. The van der Waals surface area contributed by atoms with E-state index in [0.29, 0.717) is 25.4 Å². The number of ether oxygens (including phenoxy) is 2. The van der Waals surface area contributed by atoms with E-state index >= 15 is 0 Å². The summed E-state index contributed by atoms with van der Waals surface area (Å²) in [7, 11) is 0. The Morgan fingerprint density at radius 1 is 0.939 bits per heavy atom. The summed E-state index contributed by atoms with van der Waals surface area (Å²) in [6, 6.07) is 14.1. The molecule has 0 fully saturated rings. The average Bonchev–Trinajstić information content (AvgIpc) is 3.41. The Bertz CT molecular complexity index is 1400. The summed E-state index contributed by atoms with van der Waals surface area (Å²) in [6.07, 6.45) is 6.26. The van der Waals surface area contributed by atoms with E-state index in [9.17, 15) is 0 Å². The van der Waals surface area contributed by atoms with E-state index in [0.717, 1.165) is 49.9 Å². The molecular weight excluding hydrogens is 414 g/mol. The first-order valence-corrected chi connectivity index (χ1v) is 11.1. The number of fused-ring (bicyclic) bond motifs is 2. The lowest BCUT2D eigenvalue weighted by atomic mass is 10.0. The number of aromatic nitrogens is 4. The number of H-pyrrole nitrogens is 2. The van der Waals surface area contributed by atoms with Crippen LogP contribution in [0.4, 0.5) is 0 Å². The van der Waals surface area contributed by atoms with Crippen molar-refractivity contribution < 1.29 is 9.47 Å². The number of hydrogen-bond acceptors (Lipinski definition) is 5. The van der Waals surface area contributed by atoms with Crippen molar-refractivity contribution >= 4 is 21.8 Å². The van der Waals surface area contributed by atoms with Crippen molar-refractivity contribution in [2.24, 2.45) is 5.73 Å². The Hall–Kier alpha value is -3.84. The molecule has 5 aromatic rings. The molecule has 1 atom stereocenters. The maximum Gasteiger partial charge on any atom is 0.138 e. The summed E-state index contributed by atoms with van der Waals surface area (Å²) in [5.74, 6) is 1.56. The van der Waals surface area contributed by atoms with Gasteiger partial charge in [0.05, 0.1) is 24.0 Å². The van der Waals surface area contributed by atoms with Crippen molar-refractivity contribution in [2.75, 3.05) is 13.2 Å². The van der Waals surface area contributed by atoms with Crippen molar-refractivity contribution in [1.29, 1.82) is 0 Å². The van der Waals surface area contributed by atoms with Crippen LogP contribution in [0, 0.1) is 6.92 Å². The Kier molecular flexibility index (Phi) is 5.71. The number of nitrogens with one attached hydrogen (secondary N) is 2. The average molecular weight is 442 g/mol. The van der Waals surface area contributed by atoms with Gasteiger partial charge in [0.1, 0.15) is 18.1 Å². The molecule has 0 bridgehead atoms. The standard InChI is InChI=1S/C26H27N5O2/c1-3-32-21-5-7-25-24(11-21)19(13-29-25)8-20(27)15-33-22-9-18(12-28-14-22)17-4-6-26-23(10-17)16(2)30-31-26/h4-7,9-14,20,29H,3,8,15,27H2,1-2H3,(H,30,31). The first-order valence-electron chi connectivity index (χ1n) is 11.1. The minimum atomic E-state index is -0.159. The van der Waals surface area contributed by atoms with Gasteiger partial charge in [0.25, 0.3) is 0 Å². The topological polar surface area (TPSA) is 102 Å². The molecule has 3 heterocycles. The number of rotatable bonds is 8. The smallest absolute Gasteiger partial charge is 0.138 e. The van der Waals surface area contributed by atoms with Crippen LogP contribution >= 0.6 is 0 Å². The predicted molar refractivity (Wildman–Crippen MR) is 131 cm³/mol. The SMILES string of the molecule is CCOc1ccc2[nH]cc(CC(N)COc3cncc(-c4ccc5[nH]nc(C)c5c4)c3)c2c1. The monoisotopic (exact) mass is 441 g/mol. The number of hydrogen-bond donors (Lipinski definition) is 3. The van der Waals surface area contributed by atoms with Crippen LogP contribution in [-0.2, 0) is 6.42 Å². The van der Waals surface area contributed by atoms with Gasteiger partial charge < -0.3 is 20.2 Å². The van der Waals surface area contributed by atoms with Crippen molar-refractivity contribution in [2.45, 2.75) is 26.3 Å². The predicted octanol–water partition coefficient (Wildman–Crippen LogP) is 4.76. The third kappa shape index (κ3) is 4.40. The lowest BCUT2D eigenvalue weighted by molar-refractivity contribution is 0.287. The fourth-order valence-electron chi connectivity index (χ4n) is 4.11. The highest BCUT2D eigenvalue weighted by atomic mass is 16.5. The molecule has 0 aliphatic heterocycles. The molecule has 3 aromatic heterocycles. The summed E-state index contributed by atoms with van der Waals surface area (Å²) in [5, 5.41) is 9.54. The second-order valence-corrected chi connectivity index (χ2v) is 8.21. The number of pyridine rings is 1. The van der Waals surface area contributed by atoms with Crippen LogP contribution < -0.4 is 15.2 Å². The summed E-state index contributed by atoms with van der Waals surface area (Å²) < 4.78 is 11.6. The lowest BCUT2D eigenvalue weighted by Gasteiger charge is -2.14. The zero-order chi connectivity index (χ0) is 22.8. The van der Waals surface area contributed by atoms with Gasteiger partial charge in [-0.3, -0.25) is 10.1 Å². The lowest BCUT2D eigenvalue weighted by Crippen LogP contribution is -2.30. The molecule has 7 heteroatoms. The molecule has 1 unspecified atom stereocenters. The van der Waals surface area contributed by atoms with Gasteiger partial charge in [-0.05, 0) is 67.8 Å². The van der Waals surface area contributed by atoms with E-state index in [-0.39, 0.29) is 6.04 Å². The van der Waals surface area contributed by atoms with Gasteiger partial charge in [0.2, 0.25) is 0 Å². The molecule has 0 amide bonds. The molecule has 5 rings (SSSR count). The number of nitrogens with two attached hydrogens (primary N) is 1. The van der Waals surface area contributed by atoms with Crippen LogP contribution in [0.3, 0.4) is 0 Å². The van der Waals surface area contributed by atoms with E-state index in [4.69, 9.17) is 15.2 Å². The molecule has 2 aromatic carbocycles. The van der Waals surface area contributed by atoms with Gasteiger partial charge in [-0.15, -0.1) is 0 Å². The van der Waals surface area contributed by atoms with Crippen LogP contribution in [-0.4, -0.2) is 39.4 Å². The first-order chi connectivity index (χ1) is 16.1. The third-order valence-corrected chi connectivity index (χ3v) is 5.80. The second-order valence-electron chi connectivity index (χ2n) is 8.21. The molecule has 0 radical (unpaired) electrons. The van der Waals surface area contributed by atoms with Gasteiger partial charge in [0, 0.05) is 40.3 Å². The van der Waals surface area contributed by atoms with Gasteiger partial charge in [0.15, 0.2) is 0 Å². The van der Waals surface area contributed by atoms with Gasteiger partial charge in [-0.25, -0.2) is 0 Å². The van der Waals surface area contributed by atoms with Crippen LogP contribution in [0.25, 0.3) is 32.9 Å². The molecule has 0 saturated carbocycles. The second kappa shape index (κ2) is 8.96. The quantitative estimate of drug-likeness (QED) is 0.322. The van der Waals surface area contributed by atoms with E-state index in [1.807, 2.05) is 50.5 Å². The maximum absolute atomic E-state index is 6.42. The van der Waals surface area contributed by atoms with Crippen LogP contribution in [0.15, 0.2) is 61.1 Å². The highest BCUT2D eigenvalue weighted by Gasteiger charge is 2.12. The molecule has 0 saturated heterocycles. The van der Waals surface area contributed by atoms with E-state index in [1.165, 1.54) is 0 Å². The zero-order valence-corrected chi connectivity index (χ0v) is 18.8. The Morgan fingerprint density at radius 2 is 1.82 bits per heavy atom. The fraction of sp³-hybridized carbons (Fsp3) is 0.231. The Balaban J connectivity index is 1.27. The minimum Gasteiger partial charge on any atom is -0.494 e. The van der Waals surface area contributed by atoms with Crippen LogP contribution in [0.2, 0.25) is 0 Å². The summed E-state index contributed by atoms with van der Waals surface area (Å²) in [4.78, 5) is 7.67.